The maximum Gasteiger partial charge on any atom is 0.118 e. The monoisotopic (exact) mass is 422 g/mol. The molecule has 0 amide bonds. The molecule has 0 aromatic rings. The summed E-state index contributed by atoms with van der Waals surface area (Å²) in [5, 5.41) is 30.2. The van der Waals surface area contributed by atoms with E-state index in [2.05, 4.69) is 27.7 Å². The third-order valence-corrected chi connectivity index (χ3v) is 8.06. The number of allylic oxidation sites excluding steroid dienone is 4. The molecule has 4 aliphatic rings. The fourth-order valence-corrected chi connectivity index (χ4v) is 6.03. The lowest BCUT2D eigenvalue weighted by molar-refractivity contribution is 0.136. The van der Waals surface area contributed by atoms with Crippen molar-refractivity contribution in [2.24, 2.45) is 29.1 Å². The lowest BCUT2D eigenvalue weighted by atomic mass is 9.88. The molecule has 4 unspecified atom stereocenters. The summed E-state index contributed by atoms with van der Waals surface area (Å²) in [6, 6.07) is 0. The normalized spacial score (nSPS) is 31.4. The smallest absolute Gasteiger partial charge is 0.118 e. The molecule has 1 saturated heterocycles. The van der Waals surface area contributed by atoms with Gasteiger partial charge < -0.3 is 26.4 Å². The van der Waals surface area contributed by atoms with E-state index >= 15 is 0 Å². The molecule has 6 nitrogen and oxygen atoms in total. The standard InChI is InChI=1S/C25H38N6/c1-17(26)22(15-29-2)23(27)5-6-24(28)30-14-21-13-25(21)7-9-31(10-8-25)16-20-12-18-3-4-19(20)11-18/h3-6,15,18-21,26-27,29H,7-14,16H2,1-2H3,(H2,28,30)/b6-5-,22-15+,26-17?,27-23?. The van der Waals surface area contributed by atoms with Crippen LogP contribution in [0.1, 0.15) is 39.0 Å². The number of nitrogens with one attached hydrogen (secondary N) is 5. The van der Waals surface area contributed by atoms with Gasteiger partial charge in [0.05, 0.1) is 5.71 Å². The minimum absolute atomic E-state index is 0.245. The zero-order valence-electron chi connectivity index (χ0n) is 19.0. The molecule has 3 fully saturated rings. The summed E-state index contributed by atoms with van der Waals surface area (Å²) in [5.41, 5.74) is 1.64. The molecule has 168 valence electrons. The number of likely N-dealkylation sites (tertiary alicyclic amines) is 1. The van der Waals surface area contributed by atoms with Gasteiger partial charge in [0.15, 0.2) is 0 Å². The number of rotatable bonds is 9. The molecule has 31 heavy (non-hydrogen) atoms. The van der Waals surface area contributed by atoms with E-state index in [0.717, 1.165) is 24.3 Å². The van der Waals surface area contributed by atoms with Crippen LogP contribution < -0.4 is 10.6 Å². The Morgan fingerprint density at radius 3 is 2.52 bits per heavy atom. The van der Waals surface area contributed by atoms with Crippen molar-refractivity contribution in [2.45, 2.75) is 39.0 Å². The zero-order valence-corrected chi connectivity index (χ0v) is 19.0. The van der Waals surface area contributed by atoms with Crippen molar-refractivity contribution in [1.82, 2.24) is 15.5 Å². The average Bonchev–Trinajstić information content (AvgIpc) is 3.05. The summed E-state index contributed by atoms with van der Waals surface area (Å²) < 4.78 is 0. The predicted octanol–water partition coefficient (Wildman–Crippen LogP) is 3.59. The SMILES string of the molecule is CN/C=C(\C(C)=N)C(=N)/C=C\C(=N)NCC1CC12CCN(CC1CC3C=CC1C3)CC2. The molecule has 6 heteroatoms. The summed E-state index contributed by atoms with van der Waals surface area (Å²) in [4.78, 5) is 2.71. The number of fused-ring (bicyclic) bond motifs is 2. The Labute approximate surface area is 186 Å². The van der Waals surface area contributed by atoms with E-state index in [4.69, 9.17) is 16.2 Å². The van der Waals surface area contributed by atoms with Crippen molar-refractivity contribution in [3.8, 4) is 0 Å². The molecule has 4 atom stereocenters. The van der Waals surface area contributed by atoms with Crippen LogP contribution in [-0.4, -0.2) is 55.4 Å². The molecule has 0 aromatic carbocycles. The first-order chi connectivity index (χ1) is 14.9. The van der Waals surface area contributed by atoms with E-state index in [-0.39, 0.29) is 5.71 Å². The second kappa shape index (κ2) is 9.11. The molecule has 2 bridgehead atoms. The van der Waals surface area contributed by atoms with Crippen LogP contribution in [-0.2, 0) is 0 Å². The lowest BCUT2D eigenvalue weighted by Crippen LogP contribution is -2.39. The Bertz CT molecular complexity index is 814. The van der Waals surface area contributed by atoms with Gasteiger partial charge in [-0.3, -0.25) is 5.41 Å². The van der Waals surface area contributed by atoms with Crippen molar-refractivity contribution in [2.75, 3.05) is 33.2 Å². The number of nitrogens with zero attached hydrogens (tertiary/aromatic N) is 1. The van der Waals surface area contributed by atoms with Crippen LogP contribution >= 0.6 is 0 Å². The first-order valence-corrected chi connectivity index (χ1v) is 11.8. The lowest BCUT2D eigenvalue weighted by Gasteiger charge is -2.35. The van der Waals surface area contributed by atoms with Crippen LogP contribution in [0.5, 0.6) is 0 Å². The third-order valence-electron chi connectivity index (χ3n) is 8.06. The molecular weight excluding hydrogens is 384 g/mol. The van der Waals surface area contributed by atoms with Gasteiger partial charge >= 0.3 is 0 Å². The quantitative estimate of drug-likeness (QED) is 0.223. The average molecular weight is 423 g/mol. The van der Waals surface area contributed by atoms with Gasteiger partial charge in [-0.15, -0.1) is 0 Å². The Morgan fingerprint density at radius 1 is 1.13 bits per heavy atom. The molecule has 0 radical (unpaired) electrons. The van der Waals surface area contributed by atoms with Crippen LogP contribution in [0, 0.1) is 45.3 Å². The molecule has 5 N–H and O–H groups in total. The topological polar surface area (TPSA) is 98.9 Å². The second-order valence-corrected chi connectivity index (χ2v) is 10.1. The van der Waals surface area contributed by atoms with Gasteiger partial charge in [0, 0.05) is 37.6 Å². The third kappa shape index (κ3) is 5.00. The van der Waals surface area contributed by atoms with E-state index in [1.54, 1.807) is 32.3 Å². The molecule has 2 saturated carbocycles. The second-order valence-electron chi connectivity index (χ2n) is 10.1. The molecule has 3 aliphatic carbocycles. The van der Waals surface area contributed by atoms with Crippen molar-refractivity contribution in [3.05, 3.63) is 36.1 Å². The summed E-state index contributed by atoms with van der Waals surface area (Å²) in [7, 11) is 1.76. The Hall–Kier alpha value is -2.21. The fraction of sp³-hybridized carbons (Fsp3) is 0.640. The van der Waals surface area contributed by atoms with E-state index in [0.29, 0.717) is 28.5 Å². The highest BCUT2D eigenvalue weighted by atomic mass is 15.1. The number of piperidine rings is 1. The molecular formula is C25H38N6. The Kier molecular flexibility index (Phi) is 6.47. The highest BCUT2D eigenvalue weighted by Crippen LogP contribution is 2.59. The maximum atomic E-state index is 8.16. The highest BCUT2D eigenvalue weighted by molar-refractivity contribution is 6.26. The zero-order chi connectivity index (χ0) is 22.0. The van der Waals surface area contributed by atoms with Gasteiger partial charge in [0.1, 0.15) is 5.84 Å². The molecule has 4 rings (SSSR count). The van der Waals surface area contributed by atoms with E-state index in [1.165, 1.54) is 51.7 Å². The summed E-state index contributed by atoms with van der Waals surface area (Å²) in [6.45, 7) is 6.31. The van der Waals surface area contributed by atoms with Gasteiger partial charge in [-0.1, -0.05) is 12.2 Å². The molecule has 1 aliphatic heterocycles. The van der Waals surface area contributed by atoms with Crippen molar-refractivity contribution in [1.29, 1.82) is 16.2 Å². The largest absolute Gasteiger partial charge is 0.393 e. The summed E-state index contributed by atoms with van der Waals surface area (Å²) in [6.07, 6.45) is 16.5. The first-order valence-electron chi connectivity index (χ1n) is 11.8. The van der Waals surface area contributed by atoms with Crippen molar-refractivity contribution < 1.29 is 0 Å². The highest BCUT2D eigenvalue weighted by Gasteiger charge is 2.54. The number of hydrogen-bond donors (Lipinski definition) is 5. The van der Waals surface area contributed by atoms with Crippen LogP contribution in [0.25, 0.3) is 0 Å². The summed E-state index contributed by atoms with van der Waals surface area (Å²) in [5.74, 6) is 3.65. The number of amidine groups is 1. The van der Waals surface area contributed by atoms with Crippen molar-refractivity contribution in [3.63, 3.8) is 0 Å². The fourth-order valence-electron chi connectivity index (χ4n) is 6.03. The van der Waals surface area contributed by atoms with Gasteiger partial charge in [-0.05, 0) is 93.4 Å². The van der Waals surface area contributed by atoms with Crippen LogP contribution in [0.2, 0.25) is 0 Å². The minimum atomic E-state index is 0.245. The van der Waals surface area contributed by atoms with Gasteiger partial charge in [-0.2, -0.15) is 0 Å². The molecule has 0 aromatic heterocycles. The van der Waals surface area contributed by atoms with E-state index < -0.39 is 0 Å². The molecule has 1 heterocycles. The van der Waals surface area contributed by atoms with E-state index in [1.807, 2.05) is 0 Å². The van der Waals surface area contributed by atoms with Gasteiger partial charge in [-0.25, -0.2) is 0 Å². The minimum Gasteiger partial charge on any atom is -0.393 e. The molecule has 1 spiro atoms. The van der Waals surface area contributed by atoms with Crippen LogP contribution in [0.3, 0.4) is 0 Å². The van der Waals surface area contributed by atoms with E-state index in [9.17, 15) is 0 Å². The Balaban J connectivity index is 1.16. The first kappa shape index (κ1) is 22.0. The van der Waals surface area contributed by atoms with Crippen LogP contribution in [0.4, 0.5) is 0 Å². The summed E-state index contributed by atoms with van der Waals surface area (Å²) >= 11 is 0. The van der Waals surface area contributed by atoms with Gasteiger partial charge in [0.2, 0.25) is 0 Å². The van der Waals surface area contributed by atoms with Crippen molar-refractivity contribution >= 4 is 17.3 Å². The Morgan fingerprint density at radius 2 is 1.90 bits per heavy atom. The maximum absolute atomic E-state index is 8.16. The number of hydrogen-bond acceptors (Lipinski definition) is 5. The van der Waals surface area contributed by atoms with Gasteiger partial charge in [0.25, 0.3) is 0 Å². The predicted molar refractivity (Wildman–Crippen MR) is 128 cm³/mol. The van der Waals surface area contributed by atoms with Crippen LogP contribution in [0.15, 0.2) is 36.1 Å².